The Morgan fingerprint density at radius 1 is 1.29 bits per heavy atom. The van der Waals surface area contributed by atoms with Gasteiger partial charge in [-0.1, -0.05) is 53.5 Å². The van der Waals surface area contributed by atoms with E-state index >= 15 is 0 Å². The predicted octanol–water partition coefficient (Wildman–Crippen LogP) is 5.53. The van der Waals surface area contributed by atoms with Crippen molar-refractivity contribution in [2.24, 2.45) is 4.99 Å². The third kappa shape index (κ3) is 2.39. The molecule has 0 bridgehead atoms. The molecule has 5 rings (SSSR count). The van der Waals surface area contributed by atoms with Crippen LogP contribution in [0, 0.1) is 0 Å². The van der Waals surface area contributed by atoms with E-state index in [0.717, 1.165) is 27.1 Å². The molecule has 8 heteroatoms. The number of fused-ring (bicyclic) bond motifs is 2. The van der Waals surface area contributed by atoms with Gasteiger partial charge in [-0.25, -0.2) is 4.98 Å². The summed E-state index contributed by atoms with van der Waals surface area (Å²) in [6.07, 6.45) is 6.18. The summed E-state index contributed by atoms with van der Waals surface area (Å²) in [4.78, 5) is 26.9. The number of allylic oxidation sites excluding steroid dienone is 1. The highest BCUT2D eigenvalue weighted by atomic mass is 79.9. The number of nitrogens with zero attached hydrogens (tertiary/aromatic N) is 3. The fourth-order valence-corrected chi connectivity index (χ4v) is 5.10. The van der Waals surface area contributed by atoms with E-state index < -0.39 is 5.54 Å². The second-order valence-corrected chi connectivity index (χ2v) is 9.82. The molecule has 1 atom stereocenters. The van der Waals surface area contributed by atoms with E-state index in [4.69, 9.17) is 16.6 Å². The molecule has 0 saturated carbocycles. The summed E-state index contributed by atoms with van der Waals surface area (Å²) < 4.78 is 1.55. The quantitative estimate of drug-likeness (QED) is 0.463. The van der Waals surface area contributed by atoms with Gasteiger partial charge in [-0.2, -0.15) is 0 Å². The molecule has 1 saturated heterocycles. The average molecular weight is 523 g/mol. The Bertz CT molecular complexity index is 1150. The predicted molar refractivity (Wildman–Crippen MR) is 117 cm³/mol. The lowest BCUT2D eigenvalue weighted by Gasteiger charge is -2.49. The minimum Gasteiger partial charge on any atom is -0.335 e. The van der Waals surface area contributed by atoms with Crippen LogP contribution in [-0.4, -0.2) is 26.5 Å². The highest BCUT2D eigenvalue weighted by molar-refractivity contribution is 9.10. The number of imidazole rings is 1. The third-order valence-electron chi connectivity index (χ3n) is 5.60. The SMILES string of the molecule is CC1(C)/C=C\C2=Nc3cc(Br)ccc3C23CC(=O)N3C=C(Cl)c2nc(Br)[nH]c21. The number of H-pyrrole nitrogens is 1. The average Bonchev–Trinajstić information content (AvgIpc) is 3.17. The first-order valence-corrected chi connectivity index (χ1v) is 10.7. The number of β-lactam (4-membered cyclic amide) rings is 1. The lowest BCUT2D eigenvalue weighted by atomic mass is 9.74. The lowest BCUT2D eigenvalue weighted by molar-refractivity contribution is -0.145. The van der Waals surface area contributed by atoms with E-state index in [1.807, 2.05) is 24.3 Å². The van der Waals surface area contributed by atoms with Crippen molar-refractivity contribution in [2.75, 3.05) is 0 Å². The van der Waals surface area contributed by atoms with Crippen molar-refractivity contribution in [1.82, 2.24) is 14.9 Å². The molecule has 1 N–H and O–H groups in total. The molecule has 1 amide bonds. The van der Waals surface area contributed by atoms with Crippen molar-refractivity contribution in [3.05, 3.63) is 62.7 Å². The van der Waals surface area contributed by atoms with E-state index in [-0.39, 0.29) is 11.3 Å². The maximum Gasteiger partial charge on any atom is 0.230 e. The number of aromatic nitrogens is 2. The van der Waals surface area contributed by atoms with Crippen LogP contribution >= 0.6 is 43.5 Å². The van der Waals surface area contributed by atoms with Crippen molar-refractivity contribution in [2.45, 2.75) is 31.2 Å². The van der Waals surface area contributed by atoms with Crippen LogP contribution in [0.4, 0.5) is 5.69 Å². The second-order valence-electron chi connectivity index (χ2n) is 7.74. The van der Waals surface area contributed by atoms with Crippen molar-refractivity contribution in [3.8, 4) is 0 Å². The number of benzene rings is 1. The minimum absolute atomic E-state index is 0.00556. The minimum atomic E-state index is -0.620. The van der Waals surface area contributed by atoms with Gasteiger partial charge < -0.3 is 9.88 Å². The molecule has 1 aromatic carbocycles. The fourth-order valence-electron chi connectivity index (χ4n) is 4.14. The van der Waals surface area contributed by atoms with Crippen LogP contribution < -0.4 is 0 Å². The van der Waals surface area contributed by atoms with Gasteiger partial charge in [0, 0.05) is 21.7 Å². The Morgan fingerprint density at radius 2 is 2.07 bits per heavy atom. The summed E-state index contributed by atoms with van der Waals surface area (Å²) in [6.45, 7) is 4.18. The number of rotatable bonds is 0. The Balaban J connectivity index is 1.79. The molecule has 5 nitrogen and oxygen atoms in total. The van der Waals surface area contributed by atoms with Crippen LogP contribution in [0.2, 0.25) is 0 Å². The summed E-state index contributed by atoms with van der Waals surface area (Å²) in [6, 6.07) is 5.99. The van der Waals surface area contributed by atoms with Gasteiger partial charge >= 0.3 is 0 Å². The smallest absolute Gasteiger partial charge is 0.230 e. The summed E-state index contributed by atoms with van der Waals surface area (Å²) in [7, 11) is 0. The standard InChI is InChI=1S/C20H15Br2ClN4O/c1-19(2)6-5-14-20(11-4-3-10(21)7-13(11)24-14)8-15(28)27(20)9-12(23)16-17(19)26-18(22)25-16/h3-7,9H,8H2,1-2H3,(H,25,26)/b6-5-,12-9?. The number of nitrogens with one attached hydrogen (secondary N) is 1. The number of amides is 1. The van der Waals surface area contributed by atoms with Crippen molar-refractivity contribution >= 4 is 65.8 Å². The van der Waals surface area contributed by atoms with Crippen molar-refractivity contribution in [3.63, 3.8) is 0 Å². The van der Waals surface area contributed by atoms with Crippen LogP contribution in [0.5, 0.6) is 0 Å². The van der Waals surface area contributed by atoms with E-state index in [9.17, 15) is 4.79 Å². The highest BCUT2D eigenvalue weighted by Gasteiger charge is 2.58. The van der Waals surface area contributed by atoms with Gasteiger partial charge in [-0.15, -0.1) is 0 Å². The Hall–Kier alpha value is -1.70. The van der Waals surface area contributed by atoms with Gasteiger partial charge in [0.25, 0.3) is 0 Å². The Morgan fingerprint density at radius 3 is 2.82 bits per heavy atom. The van der Waals surface area contributed by atoms with E-state index in [2.05, 4.69) is 61.8 Å². The molecule has 1 aromatic heterocycles. The van der Waals surface area contributed by atoms with Gasteiger partial charge in [0.1, 0.15) is 11.2 Å². The maximum absolute atomic E-state index is 12.6. The largest absolute Gasteiger partial charge is 0.335 e. The first-order valence-electron chi connectivity index (χ1n) is 8.77. The van der Waals surface area contributed by atoms with Crippen LogP contribution in [-0.2, 0) is 15.7 Å². The molecular weight excluding hydrogens is 508 g/mol. The molecule has 4 heterocycles. The first-order chi connectivity index (χ1) is 13.2. The van der Waals surface area contributed by atoms with Crippen LogP contribution in [0.15, 0.2) is 50.7 Å². The number of carbonyl (C=O) groups excluding carboxylic acids is 1. The molecule has 0 radical (unpaired) electrons. The summed E-state index contributed by atoms with van der Waals surface area (Å²) in [5, 5.41) is 0.415. The second kappa shape index (κ2) is 5.90. The van der Waals surface area contributed by atoms with E-state index in [1.165, 1.54) is 0 Å². The monoisotopic (exact) mass is 520 g/mol. The lowest BCUT2D eigenvalue weighted by Crippen LogP contribution is -2.61. The molecule has 28 heavy (non-hydrogen) atoms. The van der Waals surface area contributed by atoms with Gasteiger partial charge in [0.2, 0.25) is 5.91 Å². The zero-order valence-corrected chi connectivity index (χ0v) is 19.0. The van der Waals surface area contributed by atoms with Gasteiger partial charge in [-0.05, 0) is 34.1 Å². The van der Waals surface area contributed by atoms with Gasteiger partial charge in [0.15, 0.2) is 4.73 Å². The molecule has 0 aliphatic carbocycles. The molecule has 1 spiro atoms. The highest BCUT2D eigenvalue weighted by Crippen LogP contribution is 2.53. The summed E-state index contributed by atoms with van der Waals surface area (Å²) >= 11 is 13.6. The Labute approximate surface area is 183 Å². The zero-order chi connectivity index (χ0) is 19.8. The van der Waals surface area contributed by atoms with Crippen molar-refractivity contribution < 1.29 is 4.79 Å². The third-order valence-corrected chi connectivity index (χ3v) is 6.75. The Kier molecular flexibility index (Phi) is 3.87. The molecule has 3 aliphatic heterocycles. The number of hydrogen-bond donors (Lipinski definition) is 1. The molecule has 2 aromatic rings. The first kappa shape index (κ1) is 18.3. The van der Waals surface area contributed by atoms with Gasteiger partial charge in [0.05, 0.1) is 28.5 Å². The van der Waals surface area contributed by atoms with Crippen LogP contribution in [0.3, 0.4) is 0 Å². The molecule has 1 unspecified atom stereocenters. The van der Waals surface area contributed by atoms with Crippen LogP contribution in [0.25, 0.3) is 5.03 Å². The number of aliphatic imine (C=N–C) groups is 1. The number of halogens is 3. The molecule has 1 fully saturated rings. The maximum atomic E-state index is 12.6. The topological polar surface area (TPSA) is 61.4 Å². The number of aromatic amines is 1. The summed E-state index contributed by atoms with van der Waals surface area (Å²) in [5.41, 5.74) is 3.24. The van der Waals surface area contributed by atoms with E-state index in [1.54, 1.807) is 11.1 Å². The molecule has 3 aliphatic rings. The van der Waals surface area contributed by atoms with E-state index in [0.29, 0.717) is 21.9 Å². The fraction of sp³-hybridized carbons (Fsp3) is 0.250. The summed E-state index contributed by atoms with van der Waals surface area (Å²) in [5.74, 6) is 0.00556. The normalized spacial score (nSPS) is 25.6. The number of carbonyl (C=O) groups is 1. The molecular formula is C20H15Br2ClN4O. The van der Waals surface area contributed by atoms with Crippen molar-refractivity contribution in [1.29, 1.82) is 0 Å². The van der Waals surface area contributed by atoms with Gasteiger partial charge in [-0.3, -0.25) is 9.79 Å². The molecule has 142 valence electrons. The zero-order valence-electron chi connectivity index (χ0n) is 15.1. The number of hydrogen-bond acceptors (Lipinski definition) is 3. The van der Waals surface area contributed by atoms with Crippen LogP contribution in [0.1, 0.15) is 37.2 Å².